The predicted octanol–water partition coefficient (Wildman–Crippen LogP) is 4.58. The monoisotopic (exact) mass is 391 g/mol. The summed E-state index contributed by atoms with van der Waals surface area (Å²) in [5, 5.41) is 9.95. The van der Waals surface area contributed by atoms with E-state index in [9.17, 15) is 27.9 Å². The lowest BCUT2D eigenvalue weighted by molar-refractivity contribution is -0.137. The van der Waals surface area contributed by atoms with Crippen LogP contribution in [0.4, 0.5) is 13.2 Å². The van der Waals surface area contributed by atoms with Crippen LogP contribution in [0.2, 0.25) is 0 Å². The third-order valence-corrected chi connectivity index (χ3v) is 4.25. The van der Waals surface area contributed by atoms with E-state index in [0.29, 0.717) is 10.9 Å². The number of aromatic carboxylic acids is 1. The summed E-state index contributed by atoms with van der Waals surface area (Å²) < 4.78 is 45.4. The molecule has 0 unspecified atom stereocenters. The number of carboxylic acid groups (broad SMARTS) is 1. The fraction of sp³-hybridized carbons (Fsp3) is 0.200. The zero-order chi connectivity index (χ0) is 20.5. The van der Waals surface area contributed by atoms with Gasteiger partial charge in [-0.3, -0.25) is 0 Å². The molecule has 0 saturated carbocycles. The molecule has 1 aromatic heterocycles. The van der Waals surface area contributed by atoms with Gasteiger partial charge in [-0.1, -0.05) is 30.3 Å². The zero-order valence-electron chi connectivity index (χ0n) is 14.8. The van der Waals surface area contributed by atoms with Gasteiger partial charge >= 0.3 is 18.1 Å². The fourth-order valence-electron chi connectivity index (χ4n) is 3.12. The van der Waals surface area contributed by atoms with Gasteiger partial charge in [-0.15, -0.1) is 0 Å². The molecule has 0 aliphatic heterocycles. The molecule has 28 heavy (non-hydrogen) atoms. The maximum Gasteiger partial charge on any atom is 0.416 e. The van der Waals surface area contributed by atoms with Crippen LogP contribution in [-0.4, -0.2) is 28.2 Å². The quantitative estimate of drug-likeness (QED) is 0.647. The number of aromatic nitrogens is 1. The van der Waals surface area contributed by atoms with Crippen molar-refractivity contribution in [3.63, 3.8) is 0 Å². The van der Waals surface area contributed by atoms with Crippen molar-refractivity contribution in [2.24, 2.45) is 0 Å². The van der Waals surface area contributed by atoms with Crippen LogP contribution in [-0.2, 0) is 17.5 Å². The second kappa shape index (κ2) is 7.38. The first-order valence-electron chi connectivity index (χ1n) is 8.41. The molecular weight excluding hydrogens is 375 g/mol. The van der Waals surface area contributed by atoms with Crippen LogP contribution in [0.3, 0.4) is 0 Å². The van der Waals surface area contributed by atoms with Gasteiger partial charge in [0, 0.05) is 17.4 Å². The molecule has 0 radical (unpaired) electrons. The molecule has 0 bridgehead atoms. The Labute approximate surface area is 158 Å². The van der Waals surface area contributed by atoms with Crippen molar-refractivity contribution in [3.8, 4) is 0 Å². The Balaban J connectivity index is 2.21. The number of esters is 1. The van der Waals surface area contributed by atoms with Crippen LogP contribution in [0.15, 0.2) is 48.5 Å². The first-order chi connectivity index (χ1) is 13.2. The Hall–Kier alpha value is -3.29. The van der Waals surface area contributed by atoms with E-state index < -0.39 is 23.7 Å². The van der Waals surface area contributed by atoms with Crippen molar-refractivity contribution in [3.05, 3.63) is 70.9 Å². The van der Waals surface area contributed by atoms with Crippen molar-refractivity contribution in [1.82, 2.24) is 4.57 Å². The second-order valence-electron chi connectivity index (χ2n) is 6.05. The minimum atomic E-state index is -4.51. The molecule has 0 fully saturated rings. The highest BCUT2D eigenvalue weighted by molar-refractivity contribution is 6.12. The average Bonchev–Trinajstić information content (AvgIpc) is 2.96. The third-order valence-electron chi connectivity index (χ3n) is 4.25. The number of nitrogens with zero attached hydrogens (tertiary/aromatic N) is 1. The molecule has 0 saturated heterocycles. The number of carboxylic acids is 1. The largest absolute Gasteiger partial charge is 0.478 e. The van der Waals surface area contributed by atoms with Crippen LogP contribution >= 0.6 is 0 Å². The summed E-state index contributed by atoms with van der Waals surface area (Å²) >= 11 is 0. The number of ether oxygens (including phenoxy) is 1. The number of hydrogen-bond donors (Lipinski definition) is 1. The smallest absolute Gasteiger partial charge is 0.416 e. The number of benzene rings is 2. The summed E-state index contributed by atoms with van der Waals surface area (Å²) in [5.74, 6) is -2.16. The van der Waals surface area contributed by atoms with Crippen molar-refractivity contribution < 1.29 is 32.6 Å². The zero-order valence-corrected chi connectivity index (χ0v) is 14.8. The van der Waals surface area contributed by atoms with Gasteiger partial charge in [-0.2, -0.15) is 13.2 Å². The summed E-state index contributed by atoms with van der Waals surface area (Å²) in [6.07, 6.45) is -4.51. The molecule has 1 heterocycles. The molecule has 1 N–H and O–H groups in total. The molecule has 146 valence electrons. The number of alkyl halides is 3. The normalized spacial score (nSPS) is 11.6. The lowest BCUT2D eigenvalue weighted by Crippen LogP contribution is -2.17. The Kier molecular flexibility index (Phi) is 5.13. The number of para-hydroxylation sites is 1. The number of fused-ring (bicyclic) bond motifs is 1. The van der Waals surface area contributed by atoms with Crippen LogP contribution in [0.5, 0.6) is 0 Å². The van der Waals surface area contributed by atoms with E-state index in [1.807, 2.05) is 0 Å². The van der Waals surface area contributed by atoms with Crippen molar-refractivity contribution in [2.75, 3.05) is 6.61 Å². The number of carbonyl (C=O) groups excluding carboxylic acids is 1. The van der Waals surface area contributed by atoms with Gasteiger partial charge in [0.1, 0.15) is 5.69 Å². The lowest BCUT2D eigenvalue weighted by Gasteiger charge is -2.13. The van der Waals surface area contributed by atoms with Gasteiger partial charge in [-0.05, 0) is 30.7 Å². The third kappa shape index (κ3) is 3.58. The Morgan fingerprint density at radius 3 is 2.46 bits per heavy atom. The molecule has 5 nitrogen and oxygen atoms in total. The minimum Gasteiger partial charge on any atom is -0.478 e. The minimum absolute atomic E-state index is 0.0307. The summed E-state index contributed by atoms with van der Waals surface area (Å²) in [7, 11) is 0. The Morgan fingerprint density at radius 2 is 1.82 bits per heavy atom. The van der Waals surface area contributed by atoms with Crippen molar-refractivity contribution in [1.29, 1.82) is 0 Å². The number of halogens is 3. The predicted molar refractivity (Wildman–Crippen MR) is 95.4 cm³/mol. The van der Waals surface area contributed by atoms with Crippen LogP contribution in [0.1, 0.15) is 38.9 Å². The highest BCUT2D eigenvalue weighted by Crippen LogP contribution is 2.31. The van der Waals surface area contributed by atoms with Crippen molar-refractivity contribution in [2.45, 2.75) is 19.6 Å². The molecule has 8 heteroatoms. The molecule has 0 amide bonds. The number of hydrogen-bond acceptors (Lipinski definition) is 3. The number of rotatable bonds is 5. The highest BCUT2D eigenvalue weighted by Gasteiger charge is 2.31. The van der Waals surface area contributed by atoms with E-state index in [4.69, 9.17) is 4.74 Å². The number of carbonyl (C=O) groups is 2. The lowest BCUT2D eigenvalue weighted by atomic mass is 10.1. The van der Waals surface area contributed by atoms with Gasteiger partial charge < -0.3 is 14.4 Å². The maximum absolute atomic E-state index is 13.0. The second-order valence-corrected chi connectivity index (χ2v) is 6.05. The molecule has 3 aromatic rings. The van der Waals surface area contributed by atoms with E-state index in [1.165, 1.54) is 16.7 Å². The molecule has 0 spiro atoms. The summed E-state index contributed by atoms with van der Waals surface area (Å²) in [5.41, 5.74) is -0.565. The standard InChI is InChI=1S/C20H16F3NO4/c1-2-28-19(27)17-16(18(25)26)14-8-3-4-9-15(14)24(17)11-12-6-5-7-13(10-12)20(21,22)23/h3-10H,2,11H2,1H3,(H,25,26). The van der Waals surface area contributed by atoms with Gasteiger partial charge in [0.2, 0.25) is 0 Å². The first kappa shape index (κ1) is 19.5. The van der Waals surface area contributed by atoms with Crippen LogP contribution in [0.25, 0.3) is 10.9 Å². The van der Waals surface area contributed by atoms with E-state index in [-0.39, 0.29) is 30.0 Å². The molecule has 3 rings (SSSR count). The van der Waals surface area contributed by atoms with Crippen LogP contribution in [0, 0.1) is 0 Å². The fourth-order valence-corrected chi connectivity index (χ4v) is 3.12. The van der Waals surface area contributed by atoms with Gasteiger partial charge in [-0.25, -0.2) is 9.59 Å². The van der Waals surface area contributed by atoms with E-state index in [1.54, 1.807) is 31.2 Å². The average molecular weight is 391 g/mol. The summed E-state index contributed by atoms with van der Waals surface area (Å²) in [6.45, 7) is 1.49. The summed E-state index contributed by atoms with van der Waals surface area (Å²) in [4.78, 5) is 24.3. The Morgan fingerprint density at radius 1 is 1.11 bits per heavy atom. The van der Waals surface area contributed by atoms with E-state index in [2.05, 4.69) is 0 Å². The molecule has 2 aromatic carbocycles. The SMILES string of the molecule is CCOC(=O)c1c(C(=O)O)c2ccccc2n1Cc1cccc(C(F)(F)F)c1. The Bertz CT molecular complexity index is 1050. The van der Waals surface area contributed by atoms with Gasteiger partial charge in [0.05, 0.1) is 17.7 Å². The highest BCUT2D eigenvalue weighted by atomic mass is 19.4. The van der Waals surface area contributed by atoms with Gasteiger partial charge in [0.15, 0.2) is 0 Å². The molecule has 0 atom stereocenters. The summed E-state index contributed by atoms with van der Waals surface area (Å²) in [6, 6.07) is 11.1. The van der Waals surface area contributed by atoms with Gasteiger partial charge in [0.25, 0.3) is 0 Å². The molecular formula is C20H16F3NO4. The molecule has 0 aliphatic rings. The van der Waals surface area contributed by atoms with Crippen molar-refractivity contribution >= 4 is 22.8 Å². The van der Waals surface area contributed by atoms with E-state index in [0.717, 1.165) is 12.1 Å². The topological polar surface area (TPSA) is 68.5 Å². The van der Waals surface area contributed by atoms with Crippen LogP contribution < -0.4 is 0 Å². The molecule has 0 aliphatic carbocycles. The first-order valence-corrected chi connectivity index (χ1v) is 8.41. The van der Waals surface area contributed by atoms with E-state index >= 15 is 0 Å². The maximum atomic E-state index is 13.0.